The molecule has 1 aromatic carbocycles. The van der Waals surface area contributed by atoms with Crippen LogP contribution in [0, 0.1) is 0 Å². The van der Waals surface area contributed by atoms with E-state index in [0.29, 0.717) is 0 Å². The summed E-state index contributed by atoms with van der Waals surface area (Å²) >= 11 is 0. The molecule has 0 radical (unpaired) electrons. The van der Waals surface area contributed by atoms with Crippen LogP contribution in [0.2, 0.25) is 0 Å². The van der Waals surface area contributed by atoms with Crippen molar-refractivity contribution in [3.05, 3.63) is 65.4 Å². The Morgan fingerprint density at radius 1 is 1.25 bits per heavy atom. The number of hydrogen-bond donors (Lipinski definition) is 1. The quantitative estimate of drug-likeness (QED) is 0.916. The van der Waals surface area contributed by atoms with Crippen molar-refractivity contribution in [3.63, 3.8) is 0 Å². The monoisotopic (exact) mass is 268 g/mol. The fourth-order valence-corrected chi connectivity index (χ4v) is 2.75. The average Bonchev–Trinajstić information content (AvgIpc) is 2.51. The van der Waals surface area contributed by atoms with Crippen LogP contribution in [0.4, 0.5) is 0 Å². The molecule has 1 aliphatic carbocycles. The molecule has 3 rings (SSSR count). The Labute approximate surface area is 120 Å². The molecule has 1 aromatic rings. The molecule has 1 unspecified atom stereocenters. The highest BCUT2D eigenvalue weighted by atomic mass is 16.5. The molecule has 104 valence electrons. The predicted molar refractivity (Wildman–Crippen MR) is 81.1 cm³/mol. The van der Waals surface area contributed by atoms with Crippen molar-refractivity contribution in [1.29, 1.82) is 0 Å². The zero-order valence-electron chi connectivity index (χ0n) is 11.8. The van der Waals surface area contributed by atoms with Gasteiger partial charge in [-0.25, -0.2) is 0 Å². The Kier molecular flexibility index (Phi) is 3.61. The number of nitrogens with zero attached hydrogens (tertiary/aromatic N) is 1. The maximum Gasteiger partial charge on any atom is 0.118 e. The topological polar surface area (TPSA) is 38.5 Å². The van der Waals surface area contributed by atoms with E-state index in [0.717, 1.165) is 25.1 Å². The van der Waals surface area contributed by atoms with Gasteiger partial charge in [0.2, 0.25) is 0 Å². The van der Waals surface area contributed by atoms with Crippen LogP contribution < -0.4 is 10.5 Å². The van der Waals surface area contributed by atoms with Crippen molar-refractivity contribution in [2.24, 2.45) is 5.73 Å². The molecule has 0 saturated carbocycles. The van der Waals surface area contributed by atoms with Crippen LogP contribution in [0.5, 0.6) is 5.75 Å². The van der Waals surface area contributed by atoms with Crippen molar-refractivity contribution < 1.29 is 4.74 Å². The summed E-state index contributed by atoms with van der Waals surface area (Å²) in [7, 11) is 1.69. The molecule has 0 aromatic heterocycles. The highest BCUT2D eigenvalue weighted by molar-refractivity contribution is 5.41. The van der Waals surface area contributed by atoms with Gasteiger partial charge >= 0.3 is 0 Å². The van der Waals surface area contributed by atoms with E-state index in [-0.39, 0.29) is 6.17 Å². The second kappa shape index (κ2) is 5.55. The van der Waals surface area contributed by atoms with E-state index in [1.807, 2.05) is 12.1 Å². The number of allylic oxidation sites excluding steroid dienone is 5. The molecule has 1 heterocycles. The second-order valence-electron chi connectivity index (χ2n) is 5.17. The van der Waals surface area contributed by atoms with Gasteiger partial charge in [0.1, 0.15) is 5.75 Å². The Balaban J connectivity index is 1.82. The standard InChI is InChI=1S/C17H20N2O/c1-20-15-9-6-13(7-10-15)12-19-16-5-3-2-4-14(16)8-11-17(19)18/h2,4,6-11,17H,3,5,12,18H2,1H3. The zero-order valence-corrected chi connectivity index (χ0v) is 11.8. The van der Waals surface area contributed by atoms with Crippen LogP contribution in [-0.4, -0.2) is 18.2 Å². The maximum absolute atomic E-state index is 6.25. The first-order valence-corrected chi connectivity index (χ1v) is 7.01. The fraction of sp³-hybridized carbons (Fsp3) is 0.294. The van der Waals surface area contributed by atoms with Crippen LogP contribution in [0.15, 0.2) is 59.8 Å². The number of nitrogens with two attached hydrogens (primary N) is 1. The molecule has 2 aliphatic rings. The van der Waals surface area contributed by atoms with Gasteiger partial charge in [0.15, 0.2) is 0 Å². The molecular weight excluding hydrogens is 248 g/mol. The number of methoxy groups -OCH3 is 1. The molecule has 0 bridgehead atoms. The van der Waals surface area contributed by atoms with E-state index >= 15 is 0 Å². The van der Waals surface area contributed by atoms with Crippen LogP contribution >= 0.6 is 0 Å². The predicted octanol–water partition coefficient (Wildman–Crippen LogP) is 2.96. The lowest BCUT2D eigenvalue weighted by Crippen LogP contribution is -2.41. The summed E-state index contributed by atoms with van der Waals surface area (Å²) in [6.45, 7) is 0.835. The van der Waals surface area contributed by atoms with Crippen LogP contribution in [0.3, 0.4) is 0 Å². The average molecular weight is 268 g/mol. The third-order valence-corrected chi connectivity index (χ3v) is 3.87. The molecular formula is C17H20N2O. The summed E-state index contributed by atoms with van der Waals surface area (Å²) in [5.41, 5.74) is 10.2. The van der Waals surface area contributed by atoms with Crippen molar-refractivity contribution >= 4 is 0 Å². The van der Waals surface area contributed by atoms with E-state index < -0.39 is 0 Å². The molecule has 0 fully saturated rings. The highest BCUT2D eigenvalue weighted by Gasteiger charge is 2.22. The normalized spacial score (nSPS) is 21.1. The zero-order chi connectivity index (χ0) is 13.9. The van der Waals surface area contributed by atoms with Gasteiger partial charge in [0, 0.05) is 12.2 Å². The summed E-state index contributed by atoms with van der Waals surface area (Å²) in [6.07, 6.45) is 10.8. The summed E-state index contributed by atoms with van der Waals surface area (Å²) in [5.74, 6) is 0.886. The molecule has 3 heteroatoms. The van der Waals surface area contributed by atoms with Gasteiger partial charge in [-0.2, -0.15) is 0 Å². The van der Waals surface area contributed by atoms with E-state index in [1.54, 1.807) is 7.11 Å². The summed E-state index contributed by atoms with van der Waals surface area (Å²) in [6, 6.07) is 8.19. The molecule has 0 spiro atoms. The van der Waals surface area contributed by atoms with Gasteiger partial charge in [-0.1, -0.05) is 30.4 Å². The Morgan fingerprint density at radius 3 is 2.80 bits per heavy atom. The first-order chi connectivity index (χ1) is 9.78. The third kappa shape index (κ3) is 2.49. The lowest BCUT2D eigenvalue weighted by Gasteiger charge is -2.36. The number of hydrogen-bond acceptors (Lipinski definition) is 3. The highest BCUT2D eigenvalue weighted by Crippen LogP contribution is 2.29. The lowest BCUT2D eigenvalue weighted by molar-refractivity contribution is 0.271. The minimum atomic E-state index is -0.0395. The Bertz CT molecular complexity index is 569. The van der Waals surface area contributed by atoms with Gasteiger partial charge in [-0.05, 0) is 42.2 Å². The molecule has 20 heavy (non-hydrogen) atoms. The van der Waals surface area contributed by atoms with Gasteiger partial charge in [-0.3, -0.25) is 0 Å². The van der Waals surface area contributed by atoms with Crippen molar-refractivity contribution in [3.8, 4) is 5.75 Å². The van der Waals surface area contributed by atoms with Gasteiger partial charge < -0.3 is 15.4 Å². The van der Waals surface area contributed by atoms with Crippen LogP contribution in [-0.2, 0) is 6.54 Å². The molecule has 0 amide bonds. The summed E-state index contributed by atoms with van der Waals surface area (Å²) in [5, 5.41) is 0. The minimum Gasteiger partial charge on any atom is -0.497 e. The smallest absolute Gasteiger partial charge is 0.118 e. The SMILES string of the molecule is COc1ccc(CN2C3=C(C=CCC3)C=CC2N)cc1. The Hall–Kier alpha value is -2.00. The third-order valence-electron chi connectivity index (χ3n) is 3.87. The fourth-order valence-electron chi connectivity index (χ4n) is 2.75. The summed E-state index contributed by atoms with van der Waals surface area (Å²) in [4.78, 5) is 2.29. The molecule has 2 N–H and O–H groups in total. The van der Waals surface area contributed by atoms with Crippen molar-refractivity contribution in [1.82, 2.24) is 4.90 Å². The first kappa shape index (κ1) is 13.0. The van der Waals surface area contributed by atoms with Gasteiger partial charge in [-0.15, -0.1) is 0 Å². The first-order valence-electron chi connectivity index (χ1n) is 7.01. The largest absolute Gasteiger partial charge is 0.497 e. The minimum absolute atomic E-state index is 0.0395. The van der Waals surface area contributed by atoms with Crippen molar-refractivity contribution in [2.75, 3.05) is 7.11 Å². The number of benzene rings is 1. The van der Waals surface area contributed by atoms with Crippen molar-refractivity contribution in [2.45, 2.75) is 25.6 Å². The molecule has 0 saturated heterocycles. The van der Waals surface area contributed by atoms with Gasteiger partial charge in [0.05, 0.1) is 13.3 Å². The van der Waals surface area contributed by atoms with E-state index in [2.05, 4.69) is 41.3 Å². The molecule has 3 nitrogen and oxygen atoms in total. The van der Waals surface area contributed by atoms with E-state index in [1.165, 1.54) is 16.8 Å². The number of ether oxygens (including phenoxy) is 1. The van der Waals surface area contributed by atoms with E-state index in [4.69, 9.17) is 10.5 Å². The molecule has 1 atom stereocenters. The number of rotatable bonds is 3. The second-order valence-corrected chi connectivity index (χ2v) is 5.17. The van der Waals surface area contributed by atoms with Gasteiger partial charge in [0.25, 0.3) is 0 Å². The lowest BCUT2D eigenvalue weighted by atomic mass is 9.97. The maximum atomic E-state index is 6.25. The van der Waals surface area contributed by atoms with Crippen LogP contribution in [0.1, 0.15) is 18.4 Å². The Morgan fingerprint density at radius 2 is 2.05 bits per heavy atom. The van der Waals surface area contributed by atoms with E-state index in [9.17, 15) is 0 Å². The van der Waals surface area contributed by atoms with Crippen LogP contribution in [0.25, 0.3) is 0 Å². The summed E-state index contributed by atoms with van der Waals surface area (Å²) < 4.78 is 5.20. The molecule has 1 aliphatic heterocycles.